The third-order valence-corrected chi connectivity index (χ3v) is 8.08. The zero-order chi connectivity index (χ0) is 26.3. The largest absolute Gasteiger partial charge is 0.368 e. The predicted molar refractivity (Wildman–Crippen MR) is 153 cm³/mol. The van der Waals surface area contributed by atoms with Gasteiger partial charge in [-0.25, -0.2) is 4.98 Å². The number of anilines is 2. The number of nitrogens with one attached hydrogen (secondary N) is 3. The van der Waals surface area contributed by atoms with Gasteiger partial charge < -0.3 is 20.1 Å². The lowest BCUT2D eigenvalue weighted by atomic mass is 10.1. The molecule has 0 radical (unpaired) electrons. The minimum absolute atomic E-state index is 0.0790. The number of aromatic amines is 2. The van der Waals surface area contributed by atoms with Crippen LogP contribution in [0.3, 0.4) is 0 Å². The Hall–Kier alpha value is -4.31. The van der Waals surface area contributed by atoms with Gasteiger partial charge in [-0.2, -0.15) is 5.10 Å². The third-order valence-electron chi connectivity index (χ3n) is 8.08. The van der Waals surface area contributed by atoms with Crippen LogP contribution in [0.2, 0.25) is 0 Å². The molecule has 0 aromatic carbocycles. The molecule has 1 saturated heterocycles. The zero-order valence-corrected chi connectivity index (χ0v) is 21.9. The molecule has 5 aromatic heterocycles. The fraction of sp³-hybridized carbons (Fsp3) is 0.345. The Bertz CT molecular complexity index is 1660. The Kier molecular flexibility index (Phi) is 5.96. The number of rotatable bonds is 5. The second-order valence-electron chi connectivity index (χ2n) is 10.7. The number of amides is 1. The molecule has 0 bridgehead atoms. The van der Waals surface area contributed by atoms with Gasteiger partial charge in [-0.3, -0.25) is 19.9 Å². The molecule has 6 heterocycles. The molecule has 39 heavy (non-hydrogen) atoms. The molecule has 2 fully saturated rings. The quantitative estimate of drug-likeness (QED) is 0.313. The summed E-state index contributed by atoms with van der Waals surface area (Å²) in [5.41, 5.74) is 6.90. The number of likely N-dealkylation sites (N-methyl/N-ethyl adjacent to an activating group) is 1. The molecule has 5 aromatic rings. The molecule has 1 saturated carbocycles. The van der Waals surface area contributed by atoms with Crippen molar-refractivity contribution in [2.75, 3.05) is 43.4 Å². The highest BCUT2D eigenvalue weighted by molar-refractivity contribution is 5.99. The smallest absolute Gasteiger partial charge is 0.227 e. The average Bonchev–Trinajstić information content (AvgIpc) is 3.73. The summed E-state index contributed by atoms with van der Waals surface area (Å²) in [7, 11) is 2.17. The molecule has 0 unspecified atom stereocenters. The van der Waals surface area contributed by atoms with Crippen LogP contribution in [0.4, 0.5) is 11.4 Å². The predicted octanol–water partition coefficient (Wildman–Crippen LogP) is 4.44. The van der Waals surface area contributed by atoms with E-state index in [2.05, 4.69) is 64.4 Å². The Labute approximate surface area is 225 Å². The highest BCUT2D eigenvalue weighted by atomic mass is 16.1. The fourth-order valence-electron chi connectivity index (χ4n) is 5.82. The summed E-state index contributed by atoms with van der Waals surface area (Å²) in [6.45, 7) is 4.07. The van der Waals surface area contributed by atoms with Crippen molar-refractivity contribution >= 4 is 39.2 Å². The molecule has 10 nitrogen and oxygen atoms in total. The van der Waals surface area contributed by atoms with E-state index in [4.69, 9.17) is 0 Å². The SMILES string of the molecule is CN1CCN(c2ccnc3[nH]c(-c4n[nH]c5cnc(-c6cncc(NC(=O)C7CCCC7)c6)cc45)cc23)CC1. The van der Waals surface area contributed by atoms with Gasteiger partial charge in [-0.05, 0) is 44.2 Å². The number of H-pyrrole nitrogens is 2. The van der Waals surface area contributed by atoms with E-state index < -0.39 is 0 Å². The Morgan fingerprint density at radius 1 is 1.00 bits per heavy atom. The van der Waals surface area contributed by atoms with Crippen molar-refractivity contribution in [3.8, 4) is 22.6 Å². The maximum atomic E-state index is 12.6. The van der Waals surface area contributed by atoms with Crippen molar-refractivity contribution in [1.82, 2.24) is 35.0 Å². The molecule has 0 spiro atoms. The van der Waals surface area contributed by atoms with Crippen molar-refractivity contribution in [1.29, 1.82) is 0 Å². The van der Waals surface area contributed by atoms with E-state index in [0.717, 1.165) is 96.4 Å². The number of hydrogen-bond donors (Lipinski definition) is 3. The molecule has 198 valence electrons. The lowest BCUT2D eigenvalue weighted by molar-refractivity contribution is -0.119. The number of aromatic nitrogens is 6. The maximum Gasteiger partial charge on any atom is 0.227 e. The van der Waals surface area contributed by atoms with Gasteiger partial charge in [0.05, 0.1) is 35.0 Å². The molecular weight excluding hydrogens is 490 g/mol. The first kappa shape index (κ1) is 23.8. The summed E-state index contributed by atoms with van der Waals surface area (Å²) in [5.74, 6) is 0.175. The van der Waals surface area contributed by atoms with E-state index >= 15 is 0 Å². The zero-order valence-electron chi connectivity index (χ0n) is 21.9. The van der Waals surface area contributed by atoms with E-state index in [9.17, 15) is 4.79 Å². The number of hydrogen-bond acceptors (Lipinski definition) is 7. The van der Waals surface area contributed by atoms with E-state index in [1.165, 1.54) is 5.69 Å². The first-order valence-electron chi connectivity index (χ1n) is 13.6. The highest BCUT2D eigenvalue weighted by Gasteiger charge is 2.23. The van der Waals surface area contributed by atoms with Crippen molar-refractivity contribution < 1.29 is 4.79 Å². The van der Waals surface area contributed by atoms with Gasteiger partial charge in [0.15, 0.2) is 0 Å². The second-order valence-corrected chi connectivity index (χ2v) is 10.7. The summed E-state index contributed by atoms with van der Waals surface area (Å²) in [6, 6.07) is 8.20. The minimum Gasteiger partial charge on any atom is -0.368 e. The molecule has 0 atom stereocenters. The monoisotopic (exact) mass is 521 g/mol. The average molecular weight is 522 g/mol. The van der Waals surface area contributed by atoms with E-state index in [1.54, 1.807) is 18.6 Å². The number of fused-ring (bicyclic) bond motifs is 2. The Balaban J connectivity index is 1.21. The molecule has 3 N–H and O–H groups in total. The van der Waals surface area contributed by atoms with E-state index in [0.29, 0.717) is 5.69 Å². The number of piperazine rings is 1. The standard InChI is InChI=1S/C29H31N9O/c1-37-8-10-38(11-9-37)26-6-7-31-28-22(26)14-24(34-28)27-21-13-23(32-17-25(21)35-36-27)19-12-20(16-30-15-19)33-29(39)18-4-2-3-5-18/h6-7,12-18H,2-5,8-11H2,1H3,(H,31,34)(H,33,39)(H,35,36). The normalized spacial score (nSPS) is 16.9. The fourth-order valence-corrected chi connectivity index (χ4v) is 5.82. The van der Waals surface area contributed by atoms with Crippen LogP contribution in [0.1, 0.15) is 25.7 Å². The Morgan fingerprint density at radius 2 is 1.85 bits per heavy atom. The number of nitrogens with zero attached hydrogens (tertiary/aromatic N) is 6. The molecule has 1 aliphatic carbocycles. The maximum absolute atomic E-state index is 12.6. The van der Waals surface area contributed by atoms with Crippen LogP contribution in [-0.2, 0) is 4.79 Å². The number of pyridine rings is 3. The van der Waals surface area contributed by atoms with Gasteiger partial charge in [-0.1, -0.05) is 12.8 Å². The van der Waals surface area contributed by atoms with E-state index in [1.807, 2.05) is 18.3 Å². The number of carbonyl (C=O) groups is 1. The molecule has 7 rings (SSSR count). The molecule has 1 aliphatic heterocycles. The second kappa shape index (κ2) is 9.77. The van der Waals surface area contributed by atoms with Crippen molar-refractivity contribution in [2.45, 2.75) is 25.7 Å². The van der Waals surface area contributed by atoms with Crippen molar-refractivity contribution in [3.63, 3.8) is 0 Å². The molecule has 1 amide bonds. The van der Waals surface area contributed by atoms with Gasteiger partial charge in [0.1, 0.15) is 11.3 Å². The van der Waals surface area contributed by atoms with Crippen LogP contribution in [0.5, 0.6) is 0 Å². The topological polar surface area (TPSA) is 119 Å². The van der Waals surface area contributed by atoms with E-state index in [-0.39, 0.29) is 11.8 Å². The highest BCUT2D eigenvalue weighted by Crippen LogP contribution is 2.34. The van der Waals surface area contributed by atoms with Crippen LogP contribution in [0, 0.1) is 5.92 Å². The first-order valence-corrected chi connectivity index (χ1v) is 13.6. The van der Waals surface area contributed by atoms with Crippen molar-refractivity contribution in [3.05, 3.63) is 49.1 Å². The van der Waals surface area contributed by atoms with Crippen LogP contribution in [0.25, 0.3) is 44.6 Å². The van der Waals surface area contributed by atoms with Gasteiger partial charge in [0.25, 0.3) is 0 Å². The van der Waals surface area contributed by atoms with Crippen LogP contribution < -0.4 is 10.2 Å². The van der Waals surface area contributed by atoms with Gasteiger partial charge in [-0.15, -0.1) is 0 Å². The summed E-state index contributed by atoms with van der Waals surface area (Å²) in [5, 5.41) is 12.8. The lowest BCUT2D eigenvalue weighted by Gasteiger charge is -2.34. The first-order chi connectivity index (χ1) is 19.1. The summed E-state index contributed by atoms with van der Waals surface area (Å²) in [4.78, 5) is 34.5. The van der Waals surface area contributed by atoms with Gasteiger partial charge >= 0.3 is 0 Å². The third kappa shape index (κ3) is 4.50. The van der Waals surface area contributed by atoms with Crippen LogP contribution >= 0.6 is 0 Å². The molecule has 10 heteroatoms. The minimum atomic E-state index is 0.0790. The summed E-state index contributed by atoms with van der Waals surface area (Å²) >= 11 is 0. The van der Waals surface area contributed by atoms with Gasteiger partial charge in [0.2, 0.25) is 5.91 Å². The van der Waals surface area contributed by atoms with Gasteiger partial charge in [0, 0.05) is 66.5 Å². The molecule has 2 aliphatic rings. The van der Waals surface area contributed by atoms with Crippen LogP contribution in [-0.4, -0.2) is 74.2 Å². The molecular formula is C29H31N9O. The summed E-state index contributed by atoms with van der Waals surface area (Å²) in [6.07, 6.45) is 11.3. The number of carbonyl (C=O) groups excluding carboxylic acids is 1. The summed E-state index contributed by atoms with van der Waals surface area (Å²) < 4.78 is 0. The van der Waals surface area contributed by atoms with Crippen molar-refractivity contribution in [2.24, 2.45) is 5.92 Å². The lowest BCUT2D eigenvalue weighted by Crippen LogP contribution is -2.44. The van der Waals surface area contributed by atoms with Crippen LogP contribution in [0.15, 0.2) is 49.1 Å². The Morgan fingerprint density at radius 3 is 2.69 bits per heavy atom.